The summed E-state index contributed by atoms with van der Waals surface area (Å²) in [6.07, 6.45) is -1.47. The van der Waals surface area contributed by atoms with Gasteiger partial charge in [0.15, 0.2) is 10.9 Å². The molecule has 1 aliphatic heterocycles. The minimum atomic E-state index is -4.60. The number of nitrogens with zero attached hydrogens (tertiary/aromatic N) is 3. The topological polar surface area (TPSA) is 89.5 Å². The highest BCUT2D eigenvalue weighted by Crippen LogP contribution is 2.34. The molecular weight excluding hydrogens is 543 g/mol. The summed E-state index contributed by atoms with van der Waals surface area (Å²) in [5, 5.41) is 0.339. The lowest BCUT2D eigenvalue weighted by Crippen LogP contribution is -2.40. The number of rotatable bonds is 9. The number of piperidine rings is 1. The lowest BCUT2D eigenvalue weighted by molar-refractivity contribution is -0.137. The number of ketones is 2. The van der Waals surface area contributed by atoms with E-state index in [9.17, 15) is 27.6 Å². The number of benzene rings is 2. The van der Waals surface area contributed by atoms with E-state index in [4.69, 9.17) is 4.74 Å². The van der Waals surface area contributed by atoms with Crippen LogP contribution in [0.4, 0.5) is 18.0 Å². The summed E-state index contributed by atoms with van der Waals surface area (Å²) in [4.78, 5) is 49.2. The first-order chi connectivity index (χ1) is 19.2. The van der Waals surface area contributed by atoms with Crippen molar-refractivity contribution in [2.45, 2.75) is 43.1 Å². The summed E-state index contributed by atoms with van der Waals surface area (Å²) >= 11 is 1.22. The Kier molecular flexibility index (Phi) is 9.57. The second-order valence-corrected chi connectivity index (χ2v) is 10.2. The van der Waals surface area contributed by atoms with Crippen LogP contribution in [0.15, 0.2) is 72.0 Å². The molecule has 7 nitrogen and oxygen atoms in total. The average Bonchev–Trinajstić information content (AvgIpc) is 2.98. The molecule has 0 bridgehead atoms. The molecular formula is C29H28F3N3O4S. The molecule has 2 heterocycles. The average molecular weight is 572 g/mol. The fourth-order valence-corrected chi connectivity index (χ4v) is 4.97. The lowest BCUT2D eigenvalue weighted by Gasteiger charge is -2.31. The van der Waals surface area contributed by atoms with Crippen molar-refractivity contribution in [1.29, 1.82) is 0 Å². The standard InChI is InChI=1S/C29H28F3N3O4S/c1-40-27-33-13-10-24(34-27)26(37)23(21-8-5-9-22(16-21)29(30,31)32)17-25(36)20-11-14-35(15-12-20)28(38)39-18-19-6-3-2-4-7-19/h2-10,13,16,20,23H,11-12,14-15,17-18H2,1H3. The van der Waals surface area contributed by atoms with Gasteiger partial charge in [0.25, 0.3) is 0 Å². The van der Waals surface area contributed by atoms with Gasteiger partial charge >= 0.3 is 12.3 Å². The van der Waals surface area contributed by atoms with Gasteiger partial charge in [-0.25, -0.2) is 14.8 Å². The van der Waals surface area contributed by atoms with Gasteiger partial charge in [-0.1, -0.05) is 60.3 Å². The molecule has 1 aromatic heterocycles. The van der Waals surface area contributed by atoms with E-state index in [0.717, 1.165) is 17.7 Å². The Morgan fingerprint density at radius 3 is 2.45 bits per heavy atom. The summed E-state index contributed by atoms with van der Waals surface area (Å²) in [6.45, 7) is 0.741. The number of carbonyl (C=O) groups excluding carboxylic acids is 3. The van der Waals surface area contributed by atoms with Crippen molar-refractivity contribution in [1.82, 2.24) is 14.9 Å². The summed E-state index contributed by atoms with van der Waals surface area (Å²) < 4.78 is 45.7. The van der Waals surface area contributed by atoms with Crippen molar-refractivity contribution >= 4 is 29.4 Å². The summed E-state index contributed by atoms with van der Waals surface area (Å²) in [6, 6.07) is 15.2. The molecule has 0 N–H and O–H groups in total. The molecule has 1 amide bonds. The Labute approximate surface area is 234 Å². The van der Waals surface area contributed by atoms with E-state index < -0.39 is 35.5 Å². The van der Waals surface area contributed by atoms with Crippen molar-refractivity contribution in [3.05, 3.63) is 89.2 Å². The molecule has 0 radical (unpaired) electrons. The molecule has 1 aliphatic rings. The monoisotopic (exact) mass is 571 g/mol. The number of amides is 1. The van der Waals surface area contributed by atoms with Crippen LogP contribution < -0.4 is 0 Å². The van der Waals surface area contributed by atoms with E-state index in [1.807, 2.05) is 30.3 Å². The smallest absolute Gasteiger partial charge is 0.416 e. The third kappa shape index (κ3) is 7.47. The van der Waals surface area contributed by atoms with Gasteiger partial charge in [0.2, 0.25) is 0 Å². The first-order valence-corrected chi connectivity index (χ1v) is 13.9. The van der Waals surface area contributed by atoms with Crippen LogP contribution in [0.5, 0.6) is 0 Å². The number of thioether (sulfide) groups is 1. The molecule has 3 aromatic rings. The molecule has 0 spiro atoms. The predicted molar refractivity (Wildman–Crippen MR) is 143 cm³/mol. The minimum Gasteiger partial charge on any atom is -0.445 e. The molecule has 1 atom stereocenters. The van der Waals surface area contributed by atoms with Gasteiger partial charge < -0.3 is 9.64 Å². The van der Waals surface area contributed by atoms with E-state index in [1.54, 1.807) is 6.26 Å². The zero-order chi connectivity index (χ0) is 28.7. The Morgan fingerprint density at radius 2 is 1.77 bits per heavy atom. The van der Waals surface area contributed by atoms with Crippen molar-refractivity contribution in [2.75, 3.05) is 19.3 Å². The van der Waals surface area contributed by atoms with Crippen LogP contribution in [0.3, 0.4) is 0 Å². The fraction of sp³-hybridized carbons (Fsp3) is 0.345. The maximum absolute atomic E-state index is 13.5. The molecule has 210 valence electrons. The zero-order valence-electron chi connectivity index (χ0n) is 21.8. The number of hydrogen-bond acceptors (Lipinski definition) is 7. The minimum absolute atomic E-state index is 0.0329. The molecule has 1 saturated heterocycles. The number of aromatic nitrogens is 2. The quantitative estimate of drug-likeness (QED) is 0.172. The van der Waals surface area contributed by atoms with E-state index in [0.29, 0.717) is 31.1 Å². The van der Waals surface area contributed by atoms with Crippen molar-refractivity contribution < 1.29 is 32.3 Å². The van der Waals surface area contributed by atoms with E-state index in [-0.39, 0.29) is 30.1 Å². The van der Waals surface area contributed by atoms with Crippen molar-refractivity contribution in [2.24, 2.45) is 5.92 Å². The van der Waals surface area contributed by atoms with E-state index >= 15 is 0 Å². The van der Waals surface area contributed by atoms with Gasteiger partial charge in [-0.15, -0.1) is 0 Å². The molecule has 2 aromatic carbocycles. The largest absolute Gasteiger partial charge is 0.445 e. The van der Waals surface area contributed by atoms with E-state index in [1.165, 1.54) is 41.1 Å². The summed E-state index contributed by atoms with van der Waals surface area (Å²) in [7, 11) is 0. The maximum Gasteiger partial charge on any atom is 0.416 e. The zero-order valence-corrected chi connectivity index (χ0v) is 22.6. The molecule has 1 fully saturated rings. The first-order valence-electron chi connectivity index (χ1n) is 12.7. The normalized spacial score (nSPS) is 14.9. The Hall–Kier alpha value is -3.73. The predicted octanol–water partition coefficient (Wildman–Crippen LogP) is 6.19. The molecule has 0 aliphatic carbocycles. The van der Waals surface area contributed by atoms with Gasteiger partial charge in [0.05, 0.1) is 11.5 Å². The Morgan fingerprint density at radius 1 is 1.05 bits per heavy atom. The van der Waals surface area contributed by atoms with Crippen molar-refractivity contribution in [3.63, 3.8) is 0 Å². The van der Waals surface area contributed by atoms with Gasteiger partial charge in [-0.2, -0.15) is 13.2 Å². The molecule has 11 heteroatoms. The number of carbonyl (C=O) groups is 3. The van der Waals surface area contributed by atoms with Crippen LogP contribution in [-0.4, -0.2) is 51.9 Å². The van der Waals surface area contributed by atoms with Crippen LogP contribution in [-0.2, 0) is 22.3 Å². The van der Waals surface area contributed by atoms with Gasteiger partial charge in [0, 0.05) is 31.6 Å². The lowest BCUT2D eigenvalue weighted by atomic mass is 9.82. The number of halogens is 3. The third-order valence-electron chi connectivity index (χ3n) is 6.82. The summed E-state index contributed by atoms with van der Waals surface area (Å²) in [5.74, 6) is -2.38. The second kappa shape index (κ2) is 13.1. The Balaban J connectivity index is 1.45. The highest BCUT2D eigenvalue weighted by atomic mass is 32.2. The van der Waals surface area contributed by atoms with Crippen LogP contribution in [0.2, 0.25) is 0 Å². The summed E-state index contributed by atoms with van der Waals surface area (Å²) in [5.41, 5.74) is 0.0922. The van der Waals surface area contributed by atoms with E-state index in [2.05, 4.69) is 9.97 Å². The molecule has 40 heavy (non-hydrogen) atoms. The SMILES string of the molecule is CSc1nccc(C(=O)C(CC(=O)C2CCN(C(=O)OCc3ccccc3)CC2)c2cccc(C(F)(F)F)c2)n1. The van der Waals surface area contributed by atoms with Gasteiger partial charge in [-0.3, -0.25) is 9.59 Å². The van der Waals surface area contributed by atoms with Crippen molar-refractivity contribution in [3.8, 4) is 0 Å². The fourth-order valence-electron chi connectivity index (χ4n) is 4.61. The third-order valence-corrected chi connectivity index (χ3v) is 7.38. The Bertz CT molecular complexity index is 1350. The molecule has 0 saturated carbocycles. The van der Waals surface area contributed by atoms with Crippen LogP contribution in [0, 0.1) is 5.92 Å². The number of likely N-dealkylation sites (tertiary alicyclic amines) is 1. The van der Waals surface area contributed by atoms with Gasteiger partial charge in [-0.05, 0) is 42.4 Å². The molecule has 1 unspecified atom stereocenters. The van der Waals surface area contributed by atoms with Crippen LogP contribution >= 0.6 is 11.8 Å². The molecule has 4 rings (SSSR count). The van der Waals surface area contributed by atoms with Crippen LogP contribution in [0.25, 0.3) is 0 Å². The van der Waals surface area contributed by atoms with Gasteiger partial charge in [0.1, 0.15) is 18.1 Å². The number of ether oxygens (including phenoxy) is 1. The maximum atomic E-state index is 13.5. The number of Topliss-reactive ketones (excluding diaryl/α,β-unsaturated/α-hetero) is 2. The number of alkyl halides is 3. The first kappa shape index (κ1) is 29.3. The highest BCUT2D eigenvalue weighted by molar-refractivity contribution is 7.98. The number of hydrogen-bond donors (Lipinski definition) is 0. The van der Waals surface area contributed by atoms with Crippen LogP contribution in [0.1, 0.15) is 52.4 Å². The highest BCUT2D eigenvalue weighted by Gasteiger charge is 2.35. The second-order valence-electron chi connectivity index (χ2n) is 9.44.